The first kappa shape index (κ1) is 10.4. The number of fused-ring (bicyclic) bond motifs is 1. The van der Waals surface area contributed by atoms with Crippen LogP contribution in [0.3, 0.4) is 0 Å². The van der Waals surface area contributed by atoms with Crippen LogP contribution < -0.4 is 5.32 Å². The van der Waals surface area contributed by atoms with Crippen molar-refractivity contribution in [1.29, 1.82) is 0 Å². The fourth-order valence-corrected chi connectivity index (χ4v) is 1.73. The Kier molecular flexibility index (Phi) is 2.88. The van der Waals surface area contributed by atoms with Crippen LogP contribution in [-0.4, -0.2) is 23.4 Å². The summed E-state index contributed by atoms with van der Waals surface area (Å²) < 4.78 is 15.0. The fourth-order valence-electron chi connectivity index (χ4n) is 1.45. The fraction of sp³-hybridized carbons (Fsp3) is 0.300. The van der Waals surface area contributed by atoms with Crippen LogP contribution in [0.15, 0.2) is 18.2 Å². The van der Waals surface area contributed by atoms with E-state index < -0.39 is 0 Å². The van der Waals surface area contributed by atoms with E-state index in [1.807, 2.05) is 7.05 Å². The standard InChI is InChI=1S/C10H11ClFN3/c1-13-5-6-15-10(11)7-3-2-4-8(12)9(7)14-15/h2-4,13H,5-6H2,1H3. The van der Waals surface area contributed by atoms with Crippen LogP contribution >= 0.6 is 11.6 Å². The molecule has 0 radical (unpaired) electrons. The molecular weight excluding hydrogens is 217 g/mol. The maximum atomic E-state index is 13.4. The summed E-state index contributed by atoms with van der Waals surface area (Å²) in [6.07, 6.45) is 0. The van der Waals surface area contributed by atoms with Crippen molar-refractivity contribution in [2.45, 2.75) is 6.54 Å². The van der Waals surface area contributed by atoms with Crippen molar-refractivity contribution in [2.24, 2.45) is 0 Å². The predicted molar refractivity (Wildman–Crippen MR) is 58.6 cm³/mol. The van der Waals surface area contributed by atoms with Crippen LogP contribution in [0.2, 0.25) is 5.15 Å². The normalized spacial score (nSPS) is 11.1. The lowest BCUT2D eigenvalue weighted by atomic mass is 10.2. The Labute approximate surface area is 91.8 Å². The molecule has 0 atom stereocenters. The minimum atomic E-state index is -0.336. The van der Waals surface area contributed by atoms with E-state index in [0.717, 1.165) is 6.54 Å². The third kappa shape index (κ3) is 1.82. The van der Waals surface area contributed by atoms with Crippen molar-refractivity contribution >= 4 is 22.5 Å². The molecule has 1 aromatic carbocycles. The van der Waals surface area contributed by atoms with Gasteiger partial charge >= 0.3 is 0 Å². The third-order valence-corrected chi connectivity index (χ3v) is 2.63. The van der Waals surface area contributed by atoms with E-state index in [1.165, 1.54) is 6.07 Å². The molecule has 3 nitrogen and oxygen atoms in total. The van der Waals surface area contributed by atoms with Crippen LogP contribution in [0.5, 0.6) is 0 Å². The molecule has 2 rings (SSSR count). The van der Waals surface area contributed by atoms with Gasteiger partial charge in [0.25, 0.3) is 0 Å². The molecule has 0 aliphatic heterocycles. The first-order chi connectivity index (χ1) is 7.24. The number of hydrogen-bond donors (Lipinski definition) is 1. The molecule has 0 spiro atoms. The topological polar surface area (TPSA) is 29.9 Å². The van der Waals surface area contributed by atoms with Gasteiger partial charge in [-0.3, -0.25) is 4.68 Å². The zero-order valence-electron chi connectivity index (χ0n) is 8.30. The molecule has 0 saturated heterocycles. The highest BCUT2D eigenvalue weighted by Crippen LogP contribution is 2.24. The molecule has 0 aliphatic carbocycles. The monoisotopic (exact) mass is 227 g/mol. The van der Waals surface area contributed by atoms with E-state index in [9.17, 15) is 4.39 Å². The Hall–Kier alpha value is -1.13. The number of halogens is 2. The minimum Gasteiger partial charge on any atom is -0.318 e. The van der Waals surface area contributed by atoms with E-state index in [2.05, 4.69) is 10.4 Å². The van der Waals surface area contributed by atoms with Crippen molar-refractivity contribution in [1.82, 2.24) is 15.1 Å². The molecule has 1 N–H and O–H groups in total. The van der Waals surface area contributed by atoms with Crippen LogP contribution in [0.4, 0.5) is 4.39 Å². The van der Waals surface area contributed by atoms with E-state index in [4.69, 9.17) is 11.6 Å². The Morgan fingerprint density at radius 2 is 2.33 bits per heavy atom. The molecule has 0 amide bonds. The van der Waals surface area contributed by atoms with E-state index in [1.54, 1.807) is 16.8 Å². The first-order valence-electron chi connectivity index (χ1n) is 4.69. The summed E-state index contributed by atoms with van der Waals surface area (Å²) in [6.45, 7) is 1.37. The zero-order valence-corrected chi connectivity index (χ0v) is 9.05. The minimum absolute atomic E-state index is 0.332. The number of aromatic nitrogens is 2. The average Bonchev–Trinajstić information content (AvgIpc) is 2.55. The van der Waals surface area contributed by atoms with Crippen LogP contribution in [0, 0.1) is 5.82 Å². The smallest absolute Gasteiger partial charge is 0.151 e. The third-order valence-electron chi connectivity index (χ3n) is 2.23. The Balaban J connectivity index is 2.49. The average molecular weight is 228 g/mol. The van der Waals surface area contributed by atoms with Crippen molar-refractivity contribution in [3.8, 4) is 0 Å². The summed E-state index contributed by atoms with van der Waals surface area (Å²) >= 11 is 6.07. The molecule has 5 heteroatoms. The quantitative estimate of drug-likeness (QED) is 0.870. The number of nitrogens with zero attached hydrogens (tertiary/aromatic N) is 2. The summed E-state index contributed by atoms with van der Waals surface area (Å²) in [7, 11) is 1.84. The first-order valence-corrected chi connectivity index (χ1v) is 5.07. The Bertz CT molecular complexity index is 481. The molecule has 80 valence electrons. The SMILES string of the molecule is CNCCn1nc2c(F)cccc2c1Cl. The number of benzene rings is 1. The van der Waals surface area contributed by atoms with Crippen LogP contribution in [0.1, 0.15) is 0 Å². The van der Waals surface area contributed by atoms with Crippen LogP contribution in [0.25, 0.3) is 10.9 Å². The molecule has 0 unspecified atom stereocenters. The highest BCUT2D eigenvalue weighted by atomic mass is 35.5. The van der Waals surface area contributed by atoms with Gasteiger partial charge in [-0.15, -0.1) is 0 Å². The zero-order chi connectivity index (χ0) is 10.8. The number of nitrogens with one attached hydrogen (secondary N) is 1. The molecular formula is C10H11ClFN3. The van der Waals surface area contributed by atoms with Gasteiger partial charge in [0.05, 0.1) is 6.54 Å². The van der Waals surface area contributed by atoms with Gasteiger partial charge in [-0.25, -0.2) is 4.39 Å². The summed E-state index contributed by atoms with van der Waals surface area (Å²) in [4.78, 5) is 0. The maximum Gasteiger partial charge on any atom is 0.151 e. The molecule has 1 aromatic heterocycles. The van der Waals surface area contributed by atoms with E-state index >= 15 is 0 Å². The van der Waals surface area contributed by atoms with Crippen molar-refractivity contribution in [3.63, 3.8) is 0 Å². The number of rotatable bonds is 3. The largest absolute Gasteiger partial charge is 0.318 e. The van der Waals surface area contributed by atoms with Gasteiger partial charge in [-0.2, -0.15) is 5.10 Å². The van der Waals surface area contributed by atoms with E-state index in [-0.39, 0.29) is 5.82 Å². The van der Waals surface area contributed by atoms with Gasteiger partial charge in [0, 0.05) is 11.9 Å². The molecule has 0 saturated carbocycles. The van der Waals surface area contributed by atoms with Gasteiger partial charge < -0.3 is 5.32 Å². The van der Waals surface area contributed by atoms with Crippen molar-refractivity contribution in [2.75, 3.05) is 13.6 Å². The molecule has 2 aromatic rings. The lowest BCUT2D eigenvalue weighted by Crippen LogP contribution is -2.15. The van der Waals surface area contributed by atoms with Crippen molar-refractivity contribution in [3.05, 3.63) is 29.2 Å². The molecule has 0 bridgehead atoms. The summed E-state index contributed by atoms with van der Waals surface area (Å²) in [5.74, 6) is -0.336. The Morgan fingerprint density at radius 1 is 1.53 bits per heavy atom. The maximum absolute atomic E-state index is 13.4. The second-order valence-corrected chi connectivity index (χ2v) is 3.61. The van der Waals surface area contributed by atoms with E-state index in [0.29, 0.717) is 22.6 Å². The lowest BCUT2D eigenvalue weighted by Gasteiger charge is -2.00. The Morgan fingerprint density at radius 3 is 3.00 bits per heavy atom. The van der Waals surface area contributed by atoms with Gasteiger partial charge in [-0.05, 0) is 19.2 Å². The van der Waals surface area contributed by atoms with Gasteiger partial charge in [0.1, 0.15) is 10.7 Å². The number of hydrogen-bond acceptors (Lipinski definition) is 2. The van der Waals surface area contributed by atoms with Crippen LogP contribution in [-0.2, 0) is 6.54 Å². The summed E-state index contributed by atoms with van der Waals surface area (Å²) in [5.41, 5.74) is 0.332. The lowest BCUT2D eigenvalue weighted by molar-refractivity contribution is 0.583. The number of likely N-dealkylation sites (N-methyl/N-ethyl adjacent to an activating group) is 1. The van der Waals surface area contributed by atoms with Gasteiger partial charge in [0.2, 0.25) is 0 Å². The van der Waals surface area contributed by atoms with Crippen molar-refractivity contribution < 1.29 is 4.39 Å². The molecule has 1 heterocycles. The summed E-state index contributed by atoms with van der Waals surface area (Å²) in [5, 5.41) is 8.25. The second kappa shape index (κ2) is 4.16. The summed E-state index contributed by atoms with van der Waals surface area (Å²) in [6, 6.07) is 4.78. The molecule has 0 fully saturated rings. The highest BCUT2D eigenvalue weighted by Gasteiger charge is 2.11. The van der Waals surface area contributed by atoms with Gasteiger partial charge in [-0.1, -0.05) is 17.7 Å². The highest BCUT2D eigenvalue weighted by molar-refractivity contribution is 6.34. The molecule has 15 heavy (non-hydrogen) atoms. The molecule has 0 aliphatic rings. The second-order valence-electron chi connectivity index (χ2n) is 3.25. The van der Waals surface area contributed by atoms with Gasteiger partial charge in [0.15, 0.2) is 5.82 Å². The predicted octanol–water partition coefficient (Wildman–Crippen LogP) is 2.05.